The molecule has 0 aromatic carbocycles. The summed E-state index contributed by atoms with van der Waals surface area (Å²) in [6.07, 6.45) is 13.1. The Morgan fingerprint density at radius 3 is 2.71 bits per heavy atom. The van der Waals surface area contributed by atoms with Gasteiger partial charge in [0, 0.05) is 31.1 Å². The fourth-order valence-corrected chi connectivity index (χ4v) is 5.80. The molecule has 7 nitrogen and oxygen atoms in total. The summed E-state index contributed by atoms with van der Waals surface area (Å²) >= 11 is -0.997. The first-order chi connectivity index (χ1) is 15.2. The van der Waals surface area contributed by atoms with Crippen molar-refractivity contribution in [1.29, 1.82) is 0 Å². The highest BCUT2D eigenvalue weighted by molar-refractivity contribution is 7.90. The molecule has 8 heteroatoms. The first kappa shape index (κ1) is 21.1. The predicted octanol–water partition coefficient (Wildman–Crippen LogP) is 4.18. The van der Waals surface area contributed by atoms with E-state index in [1.807, 2.05) is 12.1 Å². The number of rotatable bonds is 8. The zero-order valence-electron chi connectivity index (χ0n) is 18.2. The smallest absolute Gasteiger partial charge is 0.266 e. The molecule has 2 aromatic rings. The molecule has 0 bridgehead atoms. The van der Waals surface area contributed by atoms with E-state index in [-0.39, 0.29) is 0 Å². The molecule has 1 unspecified atom stereocenters. The van der Waals surface area contributed by atoms with Gasteiger partial charge in [-0.15, -0.1) is 0 Å². The molecular weight excluding hydrogens is 412 g/mol. The summed E-state index contributed by atoms with van der Waals surface area (Å²) in [6, 6.07) is 3.64. The van der Waals surface area contributed by atoms with E-state index in [1.54, 1.807) is 12.5 Å². The maximum absolute atomic E-state index is 11.4. The quantitative estimate of drug-likeness (QED) is 0.564. The van der Waals surface area contributed by atoms with Gasteiger partial charge in [-0.3, -0.25) is 0 Å². The molecule has 3 fully saturated rings. The van der Waals surface area contributed by atoms with Crippen LogP contribution in [0.2, 0.25) is 0 Å². The normalized spacial score (nSPS) is 25.7. The number of nitrogens with zero attached hydrogens (tertiary/aromatic N) is 4. The zero-order chi connectivity index (χ0) is 21.2. The average Bonchev–Trinajstić information content (AvgIpc) is 3.18. The molecule has 0 spiro atoms. The first-order valence-electron chi connectivity index (χ1n) is 11.7. The van der Waals surface area contributed by atoms with Crippen molar-refractivity contribution in [2.75, 3.05) is 30.9 Å². The van der Waals surface area contributed by atoms with Crippen molar-refractivity contribution in [3.63, 3.8) is 0 Å². The Balaban J connectivity index is 1.02. The lowest BCUT2D eigenvalue weighted by atomic mass is 9.90. The maximum atomic E-state index is 11.4. The van der Waals surface area contributed by atoms with E-state index in [9.17, 15) is 4.55 Å². The second kappa shape index (κ2) is 9.36. The number of hydrogen-bond acceptors (Lipinski definition) is 7. The van der Waals surface area contributed by atoms with E-state index in [1.165, 1.54) is 44.9 Å². The van der Waals surface area contributed by atoms with Gasteiger partial charge in [0.2, 0.25) is 11.8 Å². The minimum atomic E-state index is -0.997. The van der Waals surface area contributed by atoms with Crippen molar-refractivity contribution in [1.82, 2.24) is 15.1 Å². The van der Waals surface area contributed by atoms with Gasteiger partial charge in [0.05, 0.1) is 12.8 Å². The molecule has 2 saturated carbocycles. The molecule has 3 heterocycles. The molecule has 168 valence electrons. The van der Waals surface area contributed by atoms with E-state index in [4.69, 9.17) is 14.2 Å². The topological polar surface area (TPSA) is 87.3 Å². The molecule has 2 aromatic heterocycles. The Bertz CT molecular complexity index is 845. The molecule has 1 aliphatic heterocycles. The van der Waals surface area contributed by atoms with Gasteiger partial charge >= 0.3 is 0 Å². The fourth-order valence-electron chi connectivity index (χ4n) is 5.34. The minimum absolute atomic E-state index is 0.483. The van der Waals surface area contributed by atoms with Crippen LogP contribution in [0.25, 0.3) is 0 Å². The molecule has 3 atom stereocenters. The summed E-state index contributed by atoms with van der Waals surface area (Å²) in [5, 5.41) is 4.27. The van der Waals surface area contributed by atoms with Crippen molar-refractivity contribution in [2.45, 2.75) is 62.2 Å². The monoisotopic (exact) mass is 444 g/mol. The van der Waals surface area contributed by atoms with Crippen molar-refractivity contribution in [3.05, 3.63) is 24.2 Å². The maximum Gasteiger partial charge on any atom is 0.266 e. The second-order valence-electron chi connectivity index (χ2n) is 9.32. The van der Waals surface area contributed by atoms with Gasteiger partial charge < -0.3 is 18.7 Å². The SMILES string of the molecule is C[S+]([O-])c1ccc(OCC[C@@H]2C[C@@H]2C2CCN(c3noc(C4CCCC4)n3)CC2)nc1. The van der Waals surface area contributed by atoms with Crippen LogP contribution in [0.1, 0.15) is 63.2 Å². The van der Waals surface area contributed by atoms with Crippen LogP contribution in [-0.2, 0) is 11.2 Å². The first-order valence-corrected chi connectivity index (χ1v) is 13.2. The highest BCUT2D eigenvalue weighted by atomic mass is 32.2. The summed E-state index contributed by atoms with van der Waals surface area (Å²) in [5.74, 6) is 5.17. The number of piperidine rings is 1. The molecular formula is C23H32N4O3S. The van der Waals surface area contributed by atoms with Crippen LogP contribution in [0.15, 0.2) is 27.7 Å². The minimum Gasteiger partial charge on any atom is -0.612 e. The third-order valence-electron chi connectivity index (χ3n) is 7.32. The lowest BCUT2D eigenvalue weighted by molar-refractivity contribution is 0.275. The van der Waals surface area contributed by atoms with Crippen LogP contribution >= 0.6 is 0 Å². The van der Waals surface area contributed by atoms with Gasteiger partial charge in [-0.1, -0.05) is 12.8 Å². The Morgan fingerprint density at radius 1 is 1.19 bits per heavy atom. The third-order valence-corrected chi connectivity index (χ3v) is 8.23. The Labute approximate surface area is 187 Å². The zero-order valence-corrected chi connectivity index (χ0v) is 19.1. The number of hydrogen-bond donors (Lipinski definition) is 0. The summed E-state index contributed by atoms with van der Waals surface area (Å²) in [6.45, 7) is 2.76. The number of pyridine rings is 1. The number of aromatic nitrogens is 3. The largest absolute Gasteiger partial charge is 0.612 e. The third kappa shape index (κ3) is 5.00. The van der Waals surface area contributed by atoms with E-state index < -0.39 is 11.2 Å². The standard InChI is InChI=1S/C23H32N4O3S/c1-31(28)19-6-7-21(24-15-19)29-13-10-18-14-20(18)16-8-11-27(12-9-16)23-25-22(30-26-23)17-4-2-3-5-17/h6-7,15-18,20H,2-5,8-14H2,1H3/t18-,20-,31?/m1/s1. The fraction of sp³-hybridized carbons (Fsp3) is 0.696. The van der Waals surface area contributed by atoms with Gasteiger partial charge in [0.1, 0.15) is 6.26 Å². The molecule has 0 N–H and O–H groups in total. The molecule has 0 radical (unpaired) electrons. The average molecular weight is 445 g/mol. The highest BCUT2D eigenvalue weighted by Crippen LogP contribution is 2.50. The van der Waals surface area contributed by atoms with E-state index >= 15 is 0 Å². The van der Waals surface area contributed by atoms with Crippen LogP contribution in [0.5, 0.6) is 5.88 Å². The predicted molar refractivity (Wildman–Crippen MR) is 119 cm³/mol. The lowest BCUT2D eigenvalue weighted by Crippen LogP contribution is -2.35. The summed E-state index contributed by atoms with van der Waals surface area (Å²) in [5.41, 5.74) is 0. The highest BCUT2D eigenvalue weighted by Gasteiger charge is 2.43. The van der Waals surface area contributed by atoms with E-state index in [0.29, 0.717) is 18.4 Å². The van der Waals surface area contributed by atoms with Gasteiger partial charge in [-0.2, -0.15) is 4.98 Å². The van der Waals surface area contributed by atoms with Crippen LogP contribution in [-0.4, -0.2) is 45.6 Å². The van der Waals surface area contributed by atoms with E-state index in [0.717, 1.165) is 54.0 Å². The van der Waals surface area contributed by atoms with Crippen LogP contribution < -0.4 is 9.64 Å². The Kier molecular flexibility index (Phi) is 6.36. The van der Waals surface area contributed by atoms with Crippen molar-refractivity contribution < 1.29 is 13.8 Å². The van der Waals surface area contributed by atoms with Gasteiger partial charge in [-0.05, 0) is 72.6 Å². The van der Waals surface area contributed by atoms with Crippen molar-refractivity contribution in [3.8, 4) is 5.88 Å². The summed E-state index contributed by atoms with van der Waals surface area (Å²) in [7, 11) is 0. The molecule has 31 heavy (non-hydrogen) atoms. The van der Waals surface area contributed by atoms with Gasteiger partial charge in [0.15, 0.2) is 4.90 Å². The van der Waals surface area contributed by atoms with Crippen LogP contribution in [0, 0.1) is 17.8 Å². The molecule has 2 aliphatic carbocycles. The number of ether oxygens (including phenoxy) is 1. The molecule has 5 rings (SSSR count). The van der Waals surface area contributed by atoms with Gasteiger partial charge in [0.25, 0.3) is 5.95 Å². The second-order valence-corrected chi connectivity index (χ2v) is 10.7. The molecule has 0 amide bonds. The van der Waals surface area contributed by atoms with Crippen molar-refractivity contribution in [2.24, 2.45) is 17.8 Å². The molecule has 3 aliphatic rings. The van der Waals surface area contributed by atoms with Crippen molar-refractivity contribution >= 4 is 17.1 Å². The Morgan fingerprint density at radius 2 is 2.00 bits per heavy atom. The van der Waals surface area contributed by atoms with E-state index in [2.05, 4.69) is 15.0 Å². The summed E-state index contributed by atoms with van der Waals surface area (Å²) in [4.78, 5) is 12.0. The molecule has 1 saturated heterocycles. The number of anilines is 1. The lowest BCUT2D eigenvalue weighted by Gasteiger charge is -2.31. The summed E-state index contributed by atoms with van der Waals surface area (Å²) < 4.78 is 22.8. The van der Waals surface area contributed by atoms with Gasteiger partial charge in [-0.25, -0.2) is 4.98 Å². The van der Waals surface area contributed by atoms with Crippen LogP contribution in [0.3, 0.4) is 0 Å². The van der Waals surface area contributed by atoms with Crippen LogP contribution in [0.4, 0.5) is 5.95 Å². The Hall–Kier alpha value is -1.80.